The fourth-order valence-electron chi connectivity index (χ4n) is 2.66. The standard InChI is InChI=1S/C20H23N5O3/c1-13(2)8-9-21-17(26)11-25-12-23-19-16(20(25)27)10-22-18(24-19)14-4-6-15(28-3)7-5-14/h4-7,10,12-13H,8-9,11H2,1-3H3,(H,21,26). The Balaban J connectivity index is 1.80. The number of carbonyl (C=O) groups excluding carboxylic acids is 1. The second kappa shape index (κ2) is 8.60. The summed E-state index contributed by atoms with van der Waals surface area (Å²) in [6.45, 7) is 4.68. The highest BCUT2D eigenvalue weighted by Crippen LogP contribution is 2.19. The molecule has 0 atom stereocenters. The van der Waals surface area contributed by atoms with Crippen molar-refractivity contribution in [1.82, 2.24) is 24.8 Å². The van der Waals surface area contributed by atoms with Gasteiger partial charge in [-0.2, -0.15) is 0 Å². The summed E-state index contributed by atoms with van der Waals surface area (Å²) >= 11 is 0. The van der Waals surface area contributed by atoms with Crippen LogP contribution in [0.5, 0.6) is 5.75 Å². The summed E-state index contributed by atoms with van der Waals surface area (Å²) in [6.07, 6.45) is 3.68. The van der Waals surface area contributed by atoms with E-state index < -0.39 is 0 Å². The molecule has 0 fully saturated rings. The molecule has 0 bridgehead atoms. The number of hydrogen-bond acceptors (Lipinski definition) is 6. The summed E-state index contributed by atoms with van der Waals surface area (Å²) < 4.78 is 6.41. The molecule has 8 nitrogen and oxygen atoms in total. The number of ether oxygens (including phenoxy) is 1. The minimum Gasteiger partial charge on any atom is -0.497 e. The number of carbonyl (C=O) groups is 1. The van der Waals surface area contributed by atoms with Gasteiger partial charge < -0.3 is 10.1 Å². The highest BCUT2D eigenvalue weighted by atomic mass is 16.5. The molecule has 0 saturated heterocycles. The van der Waals surface area contributed by atoms with Gasteiger partial charge in [0.05, 0.1) is 7.11 Å². The number of benzene rings is 1. The zero-order valence-corrected chi connectivity index (χ0v) is 16.2. The van der Waals surface area contributed by atoms with Crippen LogP contribution in [0.4, 0.5) is 0 Å². The lowest BCUT2D eigenvalue weighted by molar-refractivity contribution is -0.121. The van der Waals surface area contributed by atoms with Gasteiger partial charge in [0, 0.05) is 18.3 Å². The third-order valence-corrected chi connectivity index (χ3v) is 4.29. The lowest BCUT2D eigenvalue weighted by Crippen LogP contribution is -2.33. The number of aromatic nitrogens is 4. The van der Waals surface area contributed by atoms with Crippen LogP contribution < -0.4 is 15.6 Å². The molecule has 3 aromatic rings. The van der Waals surface area contributed by atoms with Crippen LogP contribution in [0, 0.1) is 5.92 Å². The summed E-state index contributed by atoms with van der Waals surface area (Å²) in [5, 5.41) is 3.08. The van der Waals surface area contributed by atoms with E-state index in [0.717, 1.165) is 17.7 Å². The topological polar surface area (TPSA) is 99.0 Å². The van der Waals surface area contributed by atoms with Crippen molar-refractivity contribution in [2.45, 2.75) is 26.8 Å². The van der Waals surface area contributed by atoms with Crippen molar-refractivity contribution in [2.75, 3.05) is 13.7 Å². The predicted octanol–water partition coefficient (Wildman–Crippen LogP) is 2.02. The normalized spacial score (nSPS) is 11.0. The molecule has 0 aliphatic heterocycles. The number of amides is 1. The van der Waals surface area contributed by atoms with Crippen molar-refractivity contribution in [3.05, 3.63) is 47.1 Å². The van der Waals surface area contributed by atoms with Crippen molar-refractivity contribution in [2.24, 2.45) is 5.92 Å². The van der Waals surface area contributed by atoms with E-state index in [1.807, 2.05) is 24.3 Å². The highest BCUT2D eigenvalue weighted by molar-refractivity contribution is 5.77. The maximum atomic E-state index is 12.6. The molecule has 2 heterocycles. The minimum atomic E-state index is -0.342. The molecule has 0 aliphatic rings. The van der Waals surface area contributed by atoms with Gasteiger partial charge in [-0.3, -0.25) is 14.2 Å². The van der Waals surface area contributed by atoms with Crippen LogP contribution in [0.15, 0.2) is 41.6 Å². The smallest absolute Gasteiger partial charge is 0.264 e. The Morgan fingerprint density at radius 3 is 2.64 bits per heavy atom. The molecule has 0 spiro atoms. The zero-order valence-electron chi connectivity index (χ0n) is 16.2. The van der Waals surface area contributed by atoms with Crippen molar-refractivity contribution in [3.8, 4) is 17.1 Å². The Morgan fingerprint density at radius 1 is 1.21 bits per heavy atom. The maximum Gasteiger partial charge on any atom is 0.264 e. The van der Waals surface area contributed by atoms with Gasteiger partial charge in [0.1, 0.15) is 24.0 Å². The van der Waals surface area contributed by atoms with Crippen LogP contribution in [-0.4, -0.2) is 39.1 Å². The molecule has 1 amide bonds. The van der Waals surface area contributed by atoms with Crippen molar-refractivity contribution in [3.63, 3.8) is 0 Å². The van der Waals surface area contributed by atoms with Crippen LogP contribution in [0.2, 0.25) is 0 Å². The summed E-state index contributed by atoms with van der Waals surface area (Å²) in [4.78, 5) is 37.5. The third kappa shape index (κ3) is 4.51. The Bertz CT molecular complexity index is 1030. The number of rotatable bonds is 7. The first kappa shape index (κ1) is 19.5. The van der Waals surface area contributed by atoms with Crippen LogP contribution in [0.3, 0.4) is 0 Å². The number of nitrogens with zero attached hydrogens (tertiary/aromatic N) is 4. The van der Waals surface area contributed by atoms with Gasteiger partial charge in [0.15, 0.2) is 11.5 Å². The summed E-state index contributed by atoms with van der Waals surface area (Å²) in [5.41, 5.74) is 0.741. The first-order valence-electron chi connectivity index (χ1n) is 9.11. The third-order valence-electron chi connectivity index (χ3n) is 4.29. The van der Waals surface area contributed by atoms with Crippen LogP contribution in [0.25, 0.3) is 22.4 Å². The molecule has 0 aliphatic carbocycles. The first-order chi connectivity index (χ1) is 13.5. The molecule has 3 rings (SSSR count). The minimum absolute atomic E-state index is 0.0832. The van der Waals surface area contributed by atoms with Crippen LogP contribution in [-0.2, 0) is 11.3 Å². The molecular weight excluding hydrogens is 358 g/mol. The highest BCUT2D eigenvalue weighted by Gasteiger charge is 2.11. The first-order valence-corrected chi connectivity index (χ1v) is 9.11. The number of methoxy groups -OCH3 is 1. The Morgan fingerprint density at radius 2 is 1.96 bits per heavy atom. The van der Waals surface area contributed by atoms with Crippen LogP contribution >= 0.6 is 0 Å². The van der Waals surface area contributed by atoms with Gasteiger partial charge in [-0.25, -0.2) is 15.0 Å². The molecule has 28 heavy (non-hydrogen) atoms. The number of nitrogens with one attached hydrogen (secondary N) is 1. The quantitative estimate of drug-likeness (QED) is 0.672. The van der Waals surface area contributed by atoms with E-state index in [1.54, 1.807) is 7.11 Å². The lowest BCUT2D eigenvalue weighted by Gasteiger charge is -2.09. The monoisotopic (exact) mass is 381 g/mol. The van der Waals surface area contributed by atoms with E-state index in [-0.39, 0.29) is 23.4 Å². The SMILES string of the molecule is COc1ccc(-c2ncc3c(=O)n(CC(=O)NCCC(C)C)cnc3n2)cc1. The molecule has 0 saturated carbocycles. The second-order valence-corrected chi connectivity index (χ2v) is 6.87. The van der Waals surface area contributed by atoms with E-state index in [0.29, 0.717) is 23.9 Å². The van der Waals surface area contributed by atoms with Gasteiger partial charge in [-0.15, -0.1) is 0 Å². The van der Waals surface area contributed by atoms with Crippen molar-refractivity contribution in [1.29, 1.82) is 0 Å². The molecule has 1 N–H and O–H groups in total. The number of fused-ring (bicyclic) bond motifs is 1. The fourth-order valence-corrected chi connectivity index (χ4v) is 2.66. The lowest BCUT2D eigenvalue weighted by atomic mass is 10.1. The van der Waals surface area contributed by atoms with E-state index in [4.69, 9.17) is 4.74 Å². The van der Waals surface area contributed by atoms with Crippen molar-refractivity contribution < 1.29 is 9.53 Å². The number of hydrogen-bond donors (Lipinski definition) is 1. The summed E-state index contributed by atoms with van der Waals surface area (Å²) in [6, 6.07) is 7.30. The van der Waals surface area contributed by atoms with Gasteiger partial charge in [-0.05, 0) is 36.6 Å². The maximum absolute atomic E-state index is 12.6. The van der Waals surface area contributed by atoms with E-state index in [1.165, 1.54) is 17.1 Å². The van der Waals surface area contributed by atoms with E-state index >= 15 is 0 Å². The average molecular weight is 381 g/mol. The molecule has 8 heteroatoms. The zero-order chi connectivity index (χ0) is 20.1. The van der Waals surface area contributed by atoms with Gasteiger partial charge in [0.2, 0.25) is 5.91 Å². The van der Waals surface area contributed by atoms with E-state index in [2.05, 4.69) is 34.1 Å². The van der Waals surface area contributed by atoms with Gasteiger partial charge in [-0.1, -0.05) is 13.8 Å². The van der Waals surface area contributed by atoms with E-state index in [9.17, 15) is 9.59 Å². The Hall–Kier alpha value is -3.29. The second-order valence-electron chi connectivity index (χ2n) is 6.87. The molecule has 146 valence electrons. The molecular formula is C20H23N5O3. The summed E-state index contributed by atoms with van der Waals surface area (Å²) in [7, 11) is 1.60. The van der Waals surface area contributed by atoms with Gasteiger partial charge >= 0.3 is 0 Å². The Kier molecular flexibility index (Phi) is 5.98. The molecule has 0 radical (unpaired) electrons. The molecule has 2 aromatic heterocycles. The average Bonchev–Trinajstić information content (AvgIpc) is 2.69. The van der Waals surface area contributed by atoms with Crippen molar-refractivity contribution >= 4 is 16.9 Å². The largest absolute Gasteiger partial charge is 0.497 e. The Labute approximate surface area is 162 Å². The van der Waals surface area contributed by atoms with Gasteiger partial charge in [0.25, 0.3) is 5.56 Å². The fraction of sp³-hybridized carbons (Fsp3) is 0.350. The van der Waals surface area contributed by atoms with Crippen LogP contribution in [0.1, 0.15) is 20.3 Å². The molecule has 0 unspecified atom stereocenters. The summed E-state index contributed by atoms with van der Waals surface area (Å²) in [5.74, 6) is 1.48. The predicted molar refractivity (Wildman–Crippen MR) is 106 cm³/mol. The molecule has 1 aromatic carbocycles.